The van der Waals surface area contributed by atoms with E-state index in [0.717, 1.165) is 29.4 Å². The van der Waals surface area contributed by atoms with Gasteiger partial charge in [-0.3, -0.25) is 0 Å². The first kappa shape index (κ1) is 11.0. The zero-order valence-corrected chi connectivity index (χ0v) is 10.2. The van der Waals surface area contributed by atoms with Crippen molar-refractivity contribution in [2.45, 2.75) is 37.8 Å². The number of hydrogen-bond acceptors (Lipinski definition) is 2. The highest BCUT2D eigenvalue weighted by Gasteiger charge is 2.22. The van der Waals surface area contributed by atoms with Crippen molar-refractivity contribution in [3.63, 3.8) is 0 Å². The Labute approximate surface area is 98.8 Å². The number of benzene rings is 1. The summed E-state index contributed by atoms with van der Waals surface area (Å²) >= 11 is 3.50. The van der Waals surface area contributed by atoms with Crippen molar-refractivity contribution in [2.24, 2.45) is 0 Å². The van der Waals surface area contributed by atoms with E-state index in [4.69, 9.17) is 0 Å². The van der Waals surface area contributed by atoms with E-state index in [-0.39, 0.29) is 12.1 Å². The van der Waals surface area contributed by atoms with Crippen LogP contribution in [0.25, 0.3) is 0 Å². The Balaban J connectivity index is 2.04. The highest BCUT2D eigenvalue weighted by Crippen LogP contribution is 2.26. The monoisotopic (exact) mass is 269 g/mol. The lowest BCUT2D eigenvalue weighted by molar-refractivity contribution is 0.116. The van der Waals surface area contributed by atoms with Crippen molar-refractivity contribution in [3.05, 3.63) is 28.7 Å². The molecular weight excluding hydrogens is 254 g/mol. The molecule has 0 aromatic heterocycles. The van der Waals surface area contributed by atoms with Crippen molar-refractivity contribution >= 4 is 21.6 Å². The van der Waals surface area contributed by atoms with E-state index in [1.807, 2.05) is 24.3 Å². The molecule has 82 valence electrons. The summed E-state index contributed by atoms with van der Waals surface area (Å²) in [6.45, 7) is 0. The van der Waals surface area contributed by atoms with Gasteiger partial charge in [0.25, 0.3) is 0 Å². The summed E-state index contributed by atoms with van der Waals surface area (Å²) in [5.74, 6) is 0. The molecule has 2 rings (SSSR count). The summed E-state index contributed by atoms with van der Waals surface area (Å²) < 4.78 is 1.06. The molecular formula is C12H16BrNO. The fourth-order valence-corrected chi connectivity index (χ4v) is 2.46. The van der Waals surface area contributed by atoms with Gasteiger partial charge in [0.1, 0.15) is 0 Å². The van der Waals surface area contributed by atoms with Gasteiger partial charge in [0.2, 0.25) is 0 Å². The van der Waals surface area contributed by atoms with Gasteiger partial charge < -0.3 is 10.4 Å². The Morgan fingerprint density at radius 1 is 1.20 bits per heavy atom. The van der Waals surface area contributed by atoms with E-state index in [1.54, 1.807) is 0 Å². The van der Waals surface area contributed by atoms with E-state index in [0.29, 0.717) is 0 Å². The molecule has 1 aliphatic carbocycles. The average Bonchev–Trinajstić information content (AvgIpc) is 2.24. The van der Waals surface area contributed by atoms with E-state index < -0.39 is 0 Å². The summed E-state index contributed by atoms with van der Waals surface area (Å²) in [7, 11) is 0. The SMILES string of the molecule is O[C@@H]1CCCC[C@@H]1Nc1ccccc1Br. The van der Waals surface area contributed by atoms with Gasteiger partial charge in [-0.15, -0.1) is 0 Å². The highest BCUT2D eigenvalue weighted by molar-refractivity contribution is 9.10. The Bertz CT molecular complexity index is 329. The second kappa shape index (κ2) is 4.99. The lowest BCUT2D eigenvalue weighted by atomic mass is 9.92. The first-order chi connectivity index (χ1) is 7.27. The van der Waals surface area contributed by atoms with Crippen LogP contribution in [0.2, 0.25) is 0 Å². The first-order valence-corrected chi connectivity index (χ1v) is 6.26. The smallest absolute Gasteiger partial charge is 0.0741 e. The number of nitrogens with one attached hydrogen (secondary N) is 1. The number of hydrogen-bond donors (Lipinski definition) is 2. The van der Waals surface area contributed by atoms with E-state index >= 15 is 0 Å². The fraction of sp³-hybridized carbons (Fsp3) is 0.500. The Kier molecular flexibility index (Phi) is 3.65. The van der Waals surface area contributed by atoms with Crippen LogP contribution in [-0.2, 0) is 0 Å². The number of aliphatic hydroxyl groups is 1. The minimum atomic E-state index is -0.203. The predicted octanol–water partition coefficient (Wildman–Crippen LogP) is 3.16. The molecule has 2 nitrogen and oxygen atoms in total. The number of rotatable bonds is 2. The zero-order chi connectivity index (χ0) is 10.7. The second-order valence-electron chi connectivity index (χ2n) is 4.08. The number of anilines is 1. The van der Waals surface area contributed by atoms with Gasteiger partial charge in [-0.1, -0.05) is 25.0 Å². The molecule has 1 aliphatic rings. The van der Waals surface area contributed by atoms with Crippen LogP contribution in [0.5, 0.6) is 0 Å². The topological polar surface area (TPSA) is 32.3 Å². The van der Waals surface area contributed by atoms with E-state index in [1.165, 1.54) is 6.42 Å². The molecule has 1 fully saturated rings. The average molecular weight is 270 g/mol. The summed E-state index contributed by atoms with van der Waals surface area (Å²) in [5.41, 5.74) is 1.07. The number of aliphatic hydroxyl groups excluding tert-OH is 1. The minimum Gasteiger partial charge on any atom is -0.391 e. The van der Waals surface area contributed by atoms with Gasteiger partial charge in [-0.25, -0.2) is 0 Å². The van der Waals surface area contributed by atoms with Gasteiger partial charge in [0, 0.05) is 10.2 Å². The van der Waals surface area contributed by atoms with Gasteiger partial charge in [0.05, 0.1) is 12.1 Å². The molecule has 0 heterocycles. The van der Waals surface area contributed by atoms with Crippen molar-refractivity contribution in [1.82, 2.24) is 0 Å². The van der Waals surface area contributed by atoms with Crippen LogP contribution in [-0.4, -0.2) is 17.3 Å². The van der Waals surface area contributed by atoms with Crippen LogP contribution in [0.3, 0.4) is 0 Å². The van der Waals surface area contributed by atoms with Crippen molar-refractivity contribution in [1.29, 1.82) is 0 Å². The Morgan fingerprint density at radius 3 is 2.67 bits per heavy atom. The lowest BCUT2D eigenvalue weighted by Crippen LogP contribution is -2.36. The third kappa shape index (κ3) is 2.73. The molecule has 0 spiro atoms. The van der Waals surface area contributed by atoms with Gasteiger partial charge >= 0.3 is 0 Å². The van der Waals surface area contributed by atoms with Crippen molar-refractivity contribution in [2.75, 3.05) is 5.32 Å². The molecule has 1 aromatic carbocycles. The van der Waals surface area contributed by atoms with Crippen LogP contribution in [0, 0.1) is 0 Å². The largest absolute Gasteiger partial charge is 0.391 e. The molecule has 3 heteroatoms. The van der Waals surface area contributed by atoms with Gasteiger partial charge in [-0.2, -0.15) is 0 Å². The lowest BCUT2D eigenvalue weighted by Gasteiger charge is -2.29. The number of halogens is 1. The minimum absolute atomic E-state index is 0.203. The maximum atomic E-state index is 9.84. The molecule has 0 saturated heterocycles. The van der Waals surface area contributed by atoms with Crippen LogP contribution < -0.4 is 5.32 Å². The standard InChI is InChI=1S/C12H16BrNO/c13-9-5-1-2-6-10(9)14-11-7-3-4-8-12(11)15/h1-2,5-6,11-12,14-15H,3-4,7-8H2/t11-,12+/m0/s1. The summed E-state index contributed by atoms with van der Waals surface area (Å²) in [4.78, 5) is 0. The molecule has 1 saturated carbocycles. The predicted molar refractivity (Wildman–Crippen MR) is 66.0 cm³/mol. The third-order valence-electron chi connectivity index (χ3n) is 2.94. The van der Waals surface area contributed by atoms with Crippen molar-refractivity contribution < 1.29 is 5.11 Å². The van der Waals surface area contributed by atoms with Gasteiger partial charge in [0.15, 0.2) is 0 Å². The molecule has 0 radical (unpaired) electrons. The van der Waals surface area contributed by atoms with Crippen LogP contribution in [0.4, 0.5) is 5.69 Å². The third-order valence-corrected chi connectivity index (χ3v) is 3.64. The summed E-state index contributed by atoms with van der Waals surface area (Å²) in [6.07, 6.45) is 4.13. The van der Waals surface area contributed by atoms with Crippen LogP contribution >= 0.6 is 15.9 Å². The van der Waals surface area contributed by atoms with E-state index in [9.17, 15) is 5.11 Å². The molecule has 0 amide bonds. The second-order valence-corrected chi connectivity index (χ2v) is 4.94. The molecule has 2 atom stereocenters. The van der Waals surface area contributed by atoms with Crippen LogP contribution in [0.1, 0.15) is 25.7 Å². The fourth-order valence-electron chi connectivity index (χ4n) is 2.06. The van der Waals surface area contributed by atoms with Crippen molar-refractivity contribution in [3.8, 4) is 0 Å². The molecule has 0 unspecified atom stereocenters. The molecule has 1 aromatic rings. The zero-order valence-electron chi connectivity index (χ0n) is 8.62. The summed E-state index contributed by atoms with van der Waals surface area (Å²) in [5, 5.41) is 13.2. The first-order valence-electron chi connectivity index (χ1n) is 5.46. The number of para-hydroxylation sites is 1. The molecule has 2 N–H and O–H groups in total. The maximum Gasteiger partial charge on any atom is 0.0741 e. The summed E-state index contributed by atoms with van der Waals surface area (Å²) in [6, 6.07) is 8.25. The quantitative estimate of drug-likeness (QED) is 0.865. The highest BCUT2D eigenvalue weighted by atomic mass is 79.9. The Morgan fingerprint density at radius 2 is 1.93 bits per heavy atom. The maximum absolute atomic E-state index is 9.84. The Hall–Kier alpha value is -0.540. The van der Waals surface area contributed by atoms with E-state index in [2.05, 4.69) is 21.2 Å². The van der Waals surface area contributed by atoms with Crippen LogP contribution in [0.15, 0.2) is 28.7 Å². The normalized spacial score (nSPS) is 26.3. The van der Waals surface area contributed by atoms with Gasteiger partial charge in [-0.05, 0) is 40.9 Å². The molecule has 0 aliphatic heterocycles. The molecule has 15 heavy (non-hydrogen) atoms. The molecule has 0 bridgehead atoms.